The molecule has 1 unspecified atom stereocenters. The van der Waals surface area contributed by atoms with Crippen LogP contribution in [0.25, 0.3) is 0 Å². The largest absolute Gasteiger partial charge is 0.472 e. The van der Waals surface area contributed by atoms with Crippen LogP contribution in [0.1, 0.15) is 123 Å². The first-order valence-corrected chi connectivity index (χ1v) is 25.8. The maximum atomic E-state index is 13.5. The predicted octanol–water partition coefficient (Wildman–Crippen LogP) is 6.21. The second kappa shape index (κ2) is 35.7. The number of carbonyl (C=O) groups is 2. The van der Waals surface area contributed by atoms with Crippen LogP contribution in [-0.4, -0.2) is 132 Å². The molecule has 0 spiro atoms. The molecule has 17 heteroatoms. The number of esters is 2. The van der Waals surface area contributed by atoms with E-state index in [1.807, 2.05) is 31.2 Å². The third-order valence-corrected chi connectivity index (χ3v) is 12.5. The van der Waals surface area contributed by atoms with Gasteiger partial charge >= 0.3 is 19.8 Å². The standard InChI is InChI=1S/C51H81O16P/c1-3-5-7-8-9-10-11-12-13-14-15-16-17-18-19-20-21-22-27-31-44(55)64-36-39-37-65-68(62,63)67-51-49(60)47(58)41(34-33-38(52)29-25-6-4-2)43(54)35-42(53)40(46(57)48(59)50(51)61)30-26-23-24-28-32-45(56)66-39/h5,7,9-10,12-13,15-16,18-19,21-23,26,33-34,38-43,46-54,57-61H,3-4,6,8,11,14,17,20,24-25,27-32,35-37H2,1-2H3,(H,62,63)/b7-5-,10-9-,13-12-,16-15-,19-18-,22-21-,26-23?,34-33+/t38-,39+,40-,41-,42-,43+,46+,47+,48-,49+,50+,51+/m0/s1. The highest BCUT2D eigenvalue weighted by Crippen LogP contribution is 2.47. The summed E-state index contributed by atoms with van der Waals surface area (Å²) in [6, 6.07) is 0. The van der Waals surface area contributed by atoms with Gasteiger partial charge in [0.25, 0.3) is 0 Å². The van der Waals surface area contributed by atoms with E-state index in [2.05, 4.69) is 55.5 Å². The van der Waals surface area contributed by atoms with E-state index < -0.39 is 112 Å². The van der Waals surface area contributed by atoms with Crippen molar-refractivity contribution < 1.29 is 78.4 Å². The van der Waals surface area contributed by atoms with Gasteiger partial charge < -0.3 is 55.2 Å². The highest BCUT2D eigenvalue weighted by atomic mass is 31.2. The summed E-state index contributed by atoms with van der Waals surface area (Å²) in [5, 5.41) is 89.9. The molecule has 1 aliphatic heterocycles. The third kappa shape index (κ3) is 25.5. The number of allylic oxidation sites excluding steroid dienone is 14. The zero-order chi connectivity index (χ0) is 50.2. The number of unbranched alkanes of at least 4 members (excludes halogenated alkanes) is 2. The number of hydrogen-bond donors (Lipinski definition) is 9. The minimum Gasteiger partial charge on any atom is -0.462 e. The Morgan fingerprint density at radius 2 is 1.37 bits per heavy atom. The molecule has 0 aromatic heterocycles. The molecular weight excluding hydrogens is 900 g/mol. The quantitative estimate of drug-likeness (QED) is 0.0253. The zero-order valence-corrected chi connectivity index (χ0v) is 40.8. The predicted molar refractivity (Wildman–Crippen MR) is 259 cm³/mol. The van der Waals surface area contributed by atoms with Gasteiger partial charge in [-0.1, -0.05) is 130 Å². The van der Waals surface area contributed by atoms with Gasteiger partial charge in [-0.05, 0) is 70.6 Å². The number of cyclic esters (lactones) is 1. The number of fused-ring (bicyclic) bond motifs is 4. The monoisotopic (exact) mass is 981 g/mol. The molecule has 1 fully saturated rings. The molecule has 2 aliphatic rings. The Kier molecular flexibility index (Phi) is 31.9. The fourth-order valence-corrected chi connectivity index (χ4v) is 8.46. The Balaban J connectivity index is 2.12. The topological polar surface area (TPSA) is 270 Å². The number of aliphatic hydroxyl groups is 8. The van der Waals surface area contributed by atoms with Gasteiger partial charge in [-0.25, -0.2) is 4.57 Å². The van der Waals surface area contributed by atoms with Gasteiger partial charge in [0.15, 0.2) is 6.10 Å². The van der Waals surface area contributed by atoms with E-state index in [1.54, 1.807) is 12.2 Å². The van der Waals surface area contributed by atoms with Gasteiger partial charge in [0.05, 0.1) is 37.1 Å². The lowest BCUT2D eigenvalue weighted by Crippen LogP contribution is -2.55. The van der Waals surface area contributed by atoms with Crippen LogP contribution in [0.4, 0.5) is 0 Å². The molecule has 0 aromatic rings. The van der Waals surface area contributed by atoms with E-state index in [-0.39, 0.29) is 25.7 Å². The molecule has 0 radical (unpaired) electrons. The van der Waals surface area contributed by atoms with E-state index in [4.69, 9.17) is 18.5 Å². The number of aliphatic hydroxyl groups excluding tert-OH is 8. The Labute approximate surface area is 403 Å². The van der Waals surface area contributed by atoms with E-state index in [9.17, 15) is 59.9 Å². The molecule has 9 N–H and O–H groups in total. The Bertz CT molecular complexity index is 1690. The molecule has 0 amide bonds. The van der Waals surface area contributed by atoms with Crippen LogP contribution in [0, 0.1) is 11.8 Å². The van der Waals surface area contributed by atoms with Gasteiger partial charge in [0.1, 0.15) is 31.0 Å². The summed E-state index contributed by atoms with van der Waals surface area (Å²) in [5.41, 5.74) is 0. The summed E-state index contributed by atoms with van der Waals surface area (Å²) in [6.07, 6.45) is 19.7. The second-order valence-corrected chi connectivity index (χ2v) is 18.6. The highest BCUT2D eigenvalue weighted by molar-refractivity contribution is 7.47. The van der Waals surface area contributed by atoms with Gasteiger partial charge in [0.2, 0.25) is 0 Å². The normalized spacial score (nSPS) is 31.7. The maximum absolute atomic E-state index is 13.5. The highest BCUT2D eigenvalue weighted by Gasteiger charge is 2.49. The smallest absolute Gasteiger partial charge is 0.462 e. The number of carbonyl (C=O) groups excluding carboxylic acids is 2. The Morgan fingerprint density at radius 3 is 1.97 bits per heavy atom. The molecule has 1 heterocycles. The number of phosphoric acid groups is 1. The first-order chi connectivity index (χ1) is 32.6. The van der Waals surface area contributed by atoms with Gasteiger partial charge in [-0.2, -0.15) is 0 Å². The van der Waals surface area contributed by atoms with Crippen LogP contribution in [0.5, 0.6) is 0 Å². The molecule has 386 valence electrons. The minimum absolute atomic E-state index is 0.0217. The average Bonchev–Trinajstić information content (AvgIpc) is 3.31. The van der Waals surface area contributed by atoms with Crippen molar-refractivity contribution in [3.8, 4) is 0 Å². The molecule has 0 aromatic carbocycles. The van der Waals surface area contributed by atoms with Crippen molar-refractivity contribution in [1.29, 1.82) is 0 Å². The van der Waals surface area contributed by atoms with Crippen LogP contribution in [-0.2, 0) is 32.7 Å². The van der Waals surface area contributed by atoms with E-state index in [0.717, 1.165) is 44.9 Å². The van der Waals surface area contributed by atoms with Crippen molar-refractivity contribution in [3.05, 3.63) is 97.2 Å². The molecule has 68 heavy (non-hydrogen) atoms. The van der Waals surface area contributed by atoms with Crippen molar-refractivity contribution in [2.45, 2.75) is 184 Å². The van der Waals surface area contributed by atoms with Crippen LogP contribution in [0.3, 0.4) is 0 Å². The van der Waals surface area contributed by atoms with Gasteiger partial charge in [-0.3, -0.25) is 18.6 Å². The molecule has 2 rings (SSSR count). The fraction of sp³-hybridized carbons (Fsp3) is 0.647. The summed E-state index contributed by atoms with van der Waals surface area (Å²) in [6.45, 7) is 2.64. The lowest BCUT2D eigenvalue weighted by molar-refractivity contribution is -0.167. The first kappa shape index (κ1) is 60.8. The third-order valence-electron chi connectivity index (χ3n) is 11.5. The SMILES string of the molecule is CC/C=C\C/C=C\C/C=C\C/C=C\C/C=C\C/C=C\CCC(=O)OC[C@@H]1COP(=O)(O)O[C@H]2[C@H](O)[C@@H](O)[C@H](O)[C@@H](CC=CCCCC(=O)O1)[C@@H](O)C[C@@H](O)[C@H](/C=C/[C@@H](O)CCCCC)[C@@H](O)[C@H]2O. The number of ether oxygens (including phenoxy) is 2. The van der Waals surface area contributed by atoms with Gasteiger partial charge in [-0.15, -0.1) is 0 Å². The van der Waals surface area contributed by atoms with E-state index in [1.165, 1.54) is 12.2 Å². The summed E-state index contributed by atoms with van der Waals surface area (Å²) in [7, 11) is -5.46. The van der Waals surface area contributed by atoms with Crippen molar-refractivity contribution in [2.24, 2.45) is 11.8 Å². The number of phosphoric ester groups is 1. The first-order valence-electron chi connectivity index (χ1n) is 24.3. The van der Waals surface area contributed by atoms with Gasteiger partial charge in [0, 0.05) is 31.1 Å². The number of hydrogen-bond acceptors (Lipinski definition) is 15. The van der Waals surface area contributed by atoms with Crippen LogP contribution < -0.4 is 0 Å². The maximum Gasteiger partial charge on any atom is 0.472 e. The lowest BCUT2D eigenvalue weighted by atomic mass is 9.83. The second-order valence-electron chi connectivity index (χ2n) is 17.2. The molecule has 13 atom stereocenters. The minimum atomic E-state index is -5.46. The summed E-state index contributed by atoms with van der Waals surface area (Å²) in [5.74, 6) is -4.14. The van der Waals surface area contributed by atoms with Crippen molar-refractivity contribution >= 4 is 19.8 Å². The zero-order valence-electron chi connectivity index (χ0n) is 39.9. The van der Waals surface area contributed by atoms with Crippen molar-refractivity contribution in [1.82, 2.24) is 0 Å². The summed E-state index contributed by atoms with van der Waals surface area (Å²) < 4.78 is 34.6. The summed E-state index contributed by atoms with van der Waals surface area (Å²) in [4.78, 5) is 36.4. The molecule has 16 nitrogen and oxygen atoms in total. The fourth-order valence-electron chi connectivity index (χ4n) is 7.48. The van der Waals surface area contributed by atoms with Crippen molar-refractivity contribution in [2.75, 3.05) is 13.2 Å². The number of rotatable bonds is 22. The Morgan fingerprint density at radius 1 is 0.779 bits per heavy atom. The van der Waals surface area contributed by atoms with E-state index >= 15 is 0 Å². The van der Waals surface area contributed by atoms with Crippen molar-refractivity contribution in [3.63, 3.8) is 0 Å². The summed E-state index contributed by atoms with van der Waals surface area (Å²) >= 11 is 0. The average molecular weight is 981 g/mol. The van der Waals surface area contributed by atoms with E-state index in [0.29, 0.717) is 32.1 Å². The van der Waals surface area contributed by atoms with Crippen LogP contribution >= 0.6 is 7.82 Å². The molecule has 1 aliphatic carbocycles. The van der Waals surface area contributed by atoms with Crippen LogP contribution in [0.2, 0.25) is 0 Å². The molecule has 0 saturated heterocycles. The molecule has 2 bridgehead atoms. The molecular formula is C51H81O16P. The molecule has 1 saturated carbocycles. The van der Waals surface area contributed by atoms with Crippen LogP contribution in [0.15, 0.2) is 97.2 Å². The lowest BCUT2D eigenvalue weighted by Gasteiger charge is -2.37. The Hall–Kier alpha value is -3.35.